The van der Waals surface area contributed by atoms with E-state index >= 15 is 0 Å². The minimum atomic E-state index is -0.0892. The van der Waals surface area contributed by atoms with Gasteiger partial charge >= 0.3 is 0 Å². The molecule has 0 saturated carbocycles. The van der Waals surface area contributed by atoms with Gasteiger partial charge in [-0.15, -0.1) is 0 Å². The normalized spacial score (nSPS) is 14.0. The van der Waals surface area contributed by atoms with E-state index in [2.05, 4.69) is 50.4 Å². The molecule has 1 amide bonds. The third-order valence-electron chi connectivity index (χ3n) is 3.70. The lowest BCUT2D eigenvalue weighted by Crippen LogP contribution is -2.49. The molecule has 1 rings (SSSR count). The number of benzene rings is 1. The Bertz CT molecular complexity index is 414. The molecular formula is C18H30N2O. The average Bonchev–Trinajstić information content (AvgIpc) is 2.45. The lowest BCUT2D eigenvalue weighted by molar-refractivity contribution is -0.131. The van der Waals surface area contributed by atoms with Crippen molar-refractivity contribution in [2.24, 2.45) is 5.92 Å². The third kappa shape index (κ3) is 6.30. The Morgan fingerprint density at radius 3 is 2.29 bits per heavy atom. The Morgan fingerprint density at radius 2 is 1.81 bits per heavy atom. The maximum Gasteiger partial charge on any atom is 0.239 e. The molecule has 0 aliphatic carbocycles. The fourth-order valence-electron chi connectivity index (χ4n) is 2.53. The highest BCUT2D eigenvalue weighted by molar-refractivity contribution is 5.81. The van der Waals surface area contributed by atoms with E-state index in [1.54, 1.807) is 4.90 Å². The Hall–Kier alpha value is -1.35. The molecule has 0 radical (unpaired) electrons. The molecule has 0 saturated heterocycles. The van der Waals surface area contributed by atoms with Gasteiger partial charge in [0.1, 0.15) is 0 Å². The van der Waals surface area contributed by atoms with Crippen molar-refractivity contribution in [1.29, 1.82) is 0 Å². The molecular weight excluding hydrogens is 260 g/mol. The van der Waals surface area contributed by atoms with Gasteiger partial charge in [0, 0.05) is 20.1 Å². The van der Waals surface area contributed by atoms with E-state index in [0.29, 0.717) is 12.0 Å². The molecule has 0 aliphatic heterocycles. The molecule has 21 heavy (non-hydrogen) atoms. The number of likely N-dealkylation sites (N-methyl/N-ethyl adjacent to an activating group) is 1. The van der Waals surface area contributed by atoms with Crippen LogP contribution in [0, 0.1) is 5.92 Å². The van der Waals surface area contributed by atoms with Crippen molar-refractivity contribution in [3.05, 3.63) is 35.9 Å². The second-order valence-corrected chi connectivity index (χ2v) is 6.38. The van der Waals surface area contributed by atoms with Gasteiger partial charge < -0.3 is 10.2 Å². The van der Waals surface area contributed by atoms with Crippen LogP contribution in [0.4, 0.5) is 0 Å². The largest absolute Gasteiger partial charge is 0.347 e. The molecule has 2 atom stereocenters. The lowest BCUT2D eigenvalue weighted by atomic mass is 9.98. The van der Waals surface area contributed by atoms with Crippen molar-refractivity contribution >= 4 is 5.91 Å². The van der Waals surface area contributed by atoms with Crippen LogP contribution in [-0.4, -0.2) is 37.0 Å². The highest BCUT2D eigenvalue weighted by atomic mass is 16.2. The van der Waals surface area contributed by atoms with E-state index in [-0.39, 0.29) is 11.9 Å². The van der Waals surface area contributed by atoms with Crippen LogP contribution in [-0.2, 0) is 11.2 Å². The predicted octanol–water partition coefficient (Wildman–Crippen LogP) is 3.10. The topological polar surface area (TPSA) is 32.3 Å². The summed E-state index contributed by atoms with van der Waals surface area (Å²) in [7, 11) is 3.66. The molecule has 1 aromatic carbocycles. The molecule has 0 fully saturated rings. The Labute approximate surface area is 129 Å². The summed E-state index contributed by atoms with van der Waals surface area (Å²) in [4.78, 5) is 14.0. The summed E-state index contributed by atoms with van der Waals surface area (Å²) in [6.45, 7) is 6.50. The van der Waals surface area contributed by atoms with E-state index in [0.717, 1.165) is 19.3 Å². The van der Waals surface area contributed by atoms with Crippen LogP contribution < -0.4 is 5.32 Å². The van der Waals surface area contributed by atoms with Crippen molar-refractivity contribution in [1.82, 2.24) is 10.2 Å². The predicted molar refractivity (Wildman–Crippen MR) is 89.3 cm³/mol. The van der Waals surface area contributed by atoms with Crippen molar-refractivity contribution in [3.63, 3.8) is 0 Å². The molecule has 0 aliphatic rings. The molecule has 1 aromatic rings. The second kappa shape index (κ2) is 8.83. The standard InChI is InChI=1S/C18H30N2O/c1-6-16(13-15-10-8-7-9-11-15)19-17(12-14(2)3)18(21)20(4)5/h7-11,14,16-17,19H,6,12-13H2,1-5H3. The highest BCUT2D eigenvalue weighted by Crippen LogP contribution is 2.11. The van der Waals surface area contributed by atoms with Gasteiger partial charge in [0.2, 0.25) is 5.91 Å². The van der Waals surface area contributed by atoms with Gasteiger partial charge in [0.15, 0.2) is 0 Å². The van der Waals surface area contributed by atoms with E-state index < -0.39 is 0 Å². The molecule has 3 nitrogen and oxygen atoms in total. The van der Waals surface area contributed by atoms with Gasteiger partial charge in [-0.2, -0.15) is 0 Å². The zero-order valence-electron chi connectivity index (χ0n) is 14.1. The SMILES string of the molecule is CCC(Cc1ccccc1)NC(CC(C)C)C(=O)N(C)C. The number of rotatable bonds is 8. The zero-order chi connectivity index (χ0) is 15.8. The summed E-state index contributed by atoms with van der Waals surface area (Å²) >= 11 is 0. The third-order valence-corrected chi connectivity index (χ3v) is 3.70. The van der Waals surface area contributed by atoms with Crippen molar-refractivity contribution < 1.29 is 4.79 Å². The van der Waals surface area contributed by atoms with Gasteiger partial charge in [0.25, 0.3) is 0 Å². The number of nitrogens with zero attached hydrogens (tertiary/aromatic N) is 1. The molecule has 3 heteroatoms. The number of nitrogens with one attached hydrogen (secondary N) is 1. The highest BCUT2D eigenvalue weighted by Gasteiger charge is 2.23. The van der Waals surface area contributed by atoms with E-state index in [1.165, 1.54) is 5.56 Å². The quantitative estimate of drug-likeness (QED) is 0.798. The maximum atomic E-state index is 12.3. The summed E-state index contributed by atoms with van der Waals surface area (Å²) in [5.41, 5.74) is 1.32. The summed E-state index contributed by atoms with van der Waals surface area (Å²) < 4.78 is 0. The van der Waals surface area contributed by atoms with E-state index in [1.807, 2.05) is 20.2 Å². The van der Waals surface area contributed by atoms with Crippen LogP contribution in [0.1, 0.15) is 39.2 Å². The number of amides is 1. The Balaban J connectivity index is 2.71. The monoisotopic (exact) mass is 290 g/mol. The lowest BCUT2D eigenvalue weighted by Gasteiger charge is -2.28. The second-order valence-electron chi connectivity index (χ2n) is 6.38. The number of hydrogen-bond acceptors (Lipinski definition) is 2. The maximum absolute atomic E-state index is 12.3. The van der Waals surface area contributed by atoms with Gasteiger partial charge in [-0.1, -0.05) is 51.1 Å². The number of carbonyl (C=O) groups excluding carboxylic acids is 1. The van der Waals surface area contributed by atoms with Crippen molar-refractivity contribution in [2.45, 2.75) is 52.1 Å². The van der Waals surface area contributed by atoms with E-state index in [4.69, 9.17) is 0 Å². The van der Waals surface area contributed by atoms with Crippen LogP contribution in [0.3, 0.4) is 0 Å². The van der Waals surface area contributed by atoms with Crippen molar-refractivity contribution in [3.8, 4) is 0 Å². The smallest absolute Gasteiger partial charge is 0.239 e. The van der Waals surface area contributed by atoms with Crippen LogP contribution in [0.25, 0.3) is 0 Å². The average molecular weight is 290 g/mol. The van der Waals surface area contributed by atoms with Crippen LogP contribution >= 0.6 is 0 Å². The first kappa shape index (κ1) is 17.7. The summed E-state index contributed by atoms with van der Waals surface area (Å²) in [5, 5.41) is 3.57. The fourth-order valence-corrected chi connectivity index (χ4v) is 2.53. The summed E-state index contributed by atoms with van der Waals surface area (Å²) in [5.74, 6) is 0.677. The van der Waals surface area contributed by atoms with Crippen LogP contribution in [0.2, 0.25) is 0 Å². The molecule has 0 bridgehead atoms. The van der Waals surface area contributed by atoms with Crippen LogP contribution in [0.15, 0.2) is 30.3 Å². The minimum Gasteiger partial charge on any atom is -0.347 e. The van der Waals surface area contributed by atoms with Gasteiger partial charge in [-0.3, -0.25) is 4.79 Å². The zero-order valence-corrected chi connectivity index (χ0v) is 14.1. The molecule has 0 aromatic heterocycles. The van der Waals surface area contributed by atoms with E-state index in [9.17, 15) is 4.79 Å². The molecule has 0 spiro atoms. The first-order chi connectivity index (χ1) is 9.93. The first-order valence-electron chi connectivity index (χ1n) is 7.95. The van der Waals surface area contributed by atoms with Gasteiger partial charge in [-0.05, 0) is 30.7 Å². The number of hydrogen-bond donors (Lipinski definition) is 1. The Kier molecular flexibility index (Phi) is 7.44. The summed E-state index contributed by atoms with van der Waals surface area (Å²) in [6.07, 6.45) is 2.86. The molecule has 1 N–H and O–H groups in total. The van der Waals surface area contributed by atoms with Gasteiger partial charge in [0.05, 0.1) is 6.04 Å². The number of carbonyl (C=O) groups is 1. The Morgan fingerprint density at radius 1 is 1.19 bits per heavy atom. The van der Waals surface area contributed by atoms with Crippen molar-refractivity contribution in [2.75, 3.05) is 14.1 Å². The molecule has 118 valence electrons. The molecule has 0 heterocycles. The first-order valence-corrected chi connectivity index (χ1v) is 7.95. The fraction of sp³-hybridized carbons (Fsp3) is 0.611. The molecule has 2 unspecified atom stereocenters. The van der Waals surface area contributed by atoms with Gasteiger partial charge in [-0.25, -0.2) is 0 Å². The van der Waals surface area contributed by atoms with Crippen LogP contribution in [0.5, 0.6) is 0 Å². The minimum absolute atomic E-state index is 0.0892. The summed E-state index contributed by atoms with van der Waals surface area (Å²) in [6, 6.07) is 10.7.